The van der Waals surface area contributed by atoms with Crippen molar-refractivity contribution in [2.24, 2.45) is 5.92 Å². The second-order valence-corrected chi connectivity index (χ2v) is 28.8. The lowest BCUT2D eigenvalue weighted by atomic mass is 9.86. The van der Waals surface area contributed by atoms with E-state index in [4.69, 9.17) is 52.1 Å². The number of aliphatic hydroxyl groups is 1. The third-order valence-corrected chi connectivity index (χ3v) is 19.0. The quantitative estimate of drug-likeness (QED) is 0.0336. The maximum atomic E-state index is 14.2. The Kier molecular flexibility index (Phi) is 49.6. The van der Waals surface area contributed by atoms with E-state index in [0.29, 0.717) is 162 Å². The van der Waals surface area contributed by atoms with E-state index in [2.05, 4.69) is 87.4 Å². The summed E-state index contributed by atoms with van der Waals surface area (Å²) in [5.41, 5.74) is 2.07. The highest BCUT2D eigenvalue weighted by molar-refractivity contribution is 8.00. The number of aliphatic hydroxyl groups excluding tert-OH is 1. The number of rotatable bonds is 64. The summed E-state index contributed by atoms with van der Waals surface area (Å²) in [6.45, 7) is 26.5. The maximum Gasteiger partial charge on any atom is 0.315 e. The summed E-state index contributed by atoms with van der Waals surface area (Å²) in [4.78, 5) is 109. The third-order valence-electron chi connectivity index (χ3n) is 17.5. The Morgan fingerprint density at radius 2 is 0.991 bits per heavy atom. The Morgan fingerprint density at radius 3 is 1.48 bits per heavy atom. The average molecular weight is 1530 g/mol. The van der Waals surface area contributed by atoms with Crippen LogP contribution in [0.15, 0.2) is 54.6 Å². The van der Waals surface area contributed by atoms with Crippen molar-refractivity contribution in [2.75, 3.05) is 190 Å². The second kappa shape index (κ2) is 57.0. The van der Waals surface area contributed by atoms with Crippen LogP contribution in [0.5, 0.6) is 0 Å². The van der Waals surface area contributed by atoms with Gasteiger partial charge in [0.2, 0.25) is 35.4 Å². The highest BCUT2D eigenvalue weighted by Gasteiger charge is 2.42. The minimum Gasteiger partial charge on any atom is -0.394 e. The van der Waals surface area contributed by atoms with Crippen molar-refractivity contribution in [3.8, 4) is 0 Å². The van der Waals surface area contributed by atoms with E-state index in [-0.39, 0.29) is 81.0 Å². The molecule has 2 aromatic rings. The summed E-state index contributed by atoms with van der Waals surface area (Å²) >= 11 is 1.89. The maximum absolute atomic E-state index is 14.2. The van der Waals surface area contributed by atoms with Gasteiger partial charge in [-0.3, -0.25) is 33.6 Å². The van der Waals surface area contributed by atoms with E-state index >= 15 is 0 Å². The molecule has 2 aliphatic heterocycles. The topological polar surface area (TPSA) is 370 Å². The fourth-order valence-electron chi connectivity index (χ4n) is 11.3. The molecule has 4 rings (SSSR count). The number of hydrogen-bond acceptors (Lipinski definition) is 22. The Hall–Kier alpha value is -6.17. The molecule has 608 valence electrons. The number of amides is 9. The first-order valence-electron chi connectivity index (χ1n) is 38.3. The number of nitrogens with one attached hydrogen (secondary N) is 9. The van der Waals surface area contributed by atoms with Gasteiger partial charge >= 0.3 is 6.03 Å². The van der Waals surface area contributed by atoms with Crippen LogP contribution in [0.2, 0.25) is 0 Å². The summed E-state index contributed by atoms with van der Waals surface area (Å²) in [6.07, 6.45) is 5.03. The van der Waals surface area contributed by atoms with Crippen LogP contribution in [0.25, 0.3) is 0 Å². The van der Waals surface area contributed by atoms with Gasteiger partial charge in [-0.2, -0.15) is 11.8 Å². The smallest absolute Gasteiger partial charge is 0.315 e. The first-order chi connectivity index (χ1) is 51.7. The number of urea groups is 1. The van der Waals surface area contributed by atoms with E-state index in [9.17, 15) is 43.5 Å². The van der Waals surface area contributed by atoms with E-state index in [1.165, 1.54) is 6.92 Å². The van der Waals surface area contributed by atoms with Gasteiger partial charge in [0.25, 0.3) is 5.91 Å². The van der Waals surface area contributed by atoms with Crippen molar-refractivity contribution in [3.05, 3.63) is 71.3 Å². The minimum atomic E-state index is -1.35. The number of fused-ring (bicyclic) bond motifs is 1. The molecule has 9 amide bonds. The van der Waals surface area contributed by atoms with Gasteiger partial charge in [-0.1, -0.05) is 97.4 Å². The molecule has 107 heavy (non-hydrogen) atoms. The molecule has 10 N–H and O–H groups in total. The number of carbonyl (C=O) groups excluding carboxylic acids is 8. The molecule has 0 saturated carbocycles. The Labute approximate surface area is 638 Å². The molecule has 0 bridgehead atoms. The zero-order chi connectivity index (χ0) is 77.7. The molecule has 8 atom stereocenters. The Balaban J connectivity index is 0.966. The summed E-state index contributed by atoms with van der Waals surface area (Å²) in [5.74, 6) is -2.84. The highest BCUT2D eigenvalue weighted by Crippen LogP contribution is 2.33. The molecule has 31 heteroatoms. The number of nitrogens with zero attached hydrogens (tertiary/aromatic N) is 1. The number of thioether (sulfide) groups is 1. The number of unbranched alkanes of at least 4 members (excludes halogenated alkanes) is 2. The monoisotopic (exact) mass is 1530 g/mol. The molecule has 2 fully saturated rings. The zero-order valence-corrected chi connectivity index (χ0v) is 65.6. The first-order valence-corrected chi connectivity index (χ1v) is 39.4. The van der Waals surface area contributed by atoms with Gasteiger partial charge in [0.05, 0.1) is 164 Å². The van der Waals surface area contributed by atoms with E-state index in [1.807, 2.05) is 68.1 Å². The minimum absolute atomic E-state index is 0.0249. The fourth-order valence-corrected chi connectivity index (χ4v) is 12.9. The van der Waals surface area contributed by atoms with Crippen LogP contribution in [-0.2, 0) is 92.7 Å². The lowest BCUT2D eigenvalue weighted by Gasteiger charge is -2.27. The molecule has 0 spiro atoms. The van der Waals surface area contributed by atoms with E-state index in [1.54, 1.807) is 12.1 Å². The molecule has 2 saturated heterocycles. The van der Waals surface area contributed by atoms with Gasteiger partial charge in [0.15, 0.2) is 0 Å². The largest absolute Gasteiger partial charge is 0.394 e. The molecule has 0 aromatic heterocycles. The van der Waals surface area contributed by atoms with Gasteiger partial charge in [-0.05, 0) is 99.7 Å². The fraction of sp³-hybridized carbons (Fsp3) is 0.737. The van der Waals surface area contributed by atoms with Gasteiger partial charge in [0, 0.05) is 42.5 Å². The normalized spacial score (nSPS) is 16.3. The van der Waals surface area contributed by atoms with Crippen LogP contribution in [0, 0.1) is 5.92 Å². The predicted octanol–water partition coefficient (Wildman–Crippen LogP) is 2.98. The Bertz CT molecular complexity index is 2780. The van der Waals surface area contributed by atoms with Gasteiger partial charge in [0.1, 0.15) is 30.2 Å². The lowest BCUT2D eigenvalue weighted by molar-refractivity contribution is -0.135. The van der Waals surface area contributed by atoms with Crippen molar-refractivity contribution in [1.82, 2.24) is 52.8 Å². The van der Waals surface area contributed by atoms with Gasteiger partial charge in [-0.15, -0.1) is 0 Å². The number of benzene rings is 2. The SMILES string of the molecule is CCN(CC)CCCC[C@H](NC(=O)[C@H](CC(C)C)NC(=O)[C@H](C)NC(=O)[C@H](Cc1ccccc1)NC(=O)c1ccc(C(C)(C)C)cc1)C(=O)N[C@@H](CO)C(=O)NCCOCCOCCOCCOCCOCCOCCOCCOCCOCCOCCOCCNC(=O)CCCC[C@@H]1SC[C@@H]2NC(=O)N[C@@H]21. The van der Waals surface area contributed by atoms with Crippen LogP contribution in [-0.4, -0.2) is 295 Å². The van der Waals surface area contributed by atoms with Crippen molar-refractivity contribution >= 4 is 59.1 Å². The van der Waals surface area contributed by atoms with Crippen LogP contribution >= 0.6 is 11.8 Å². The standard InChI is InChI=1S/C76H128N10O20S/c1-9-86(10-2)29-17-16-20-61(80-74(94)62(52-56(3)4)81-69(89)57(5)79-73(93)63(53-58-18-12-11-13-19-58)82-70(90)59-23-25-60(26-24-59)76(6,7)8)72(92)83-64(54-87)71(91)78-28-31-97-33-35-99-37-39-101-41-43-103-45-47-105-49-51-106-50-48-104-46-44-102-42-40-100-38-36-98-34-32-96-30-27-77-67(88)22-15-14-21-66-68-65(55-107-66)84-75(95)85-68/h11-13,18-19,23-26,56-57,61-66,68,87H,9-10,14-17,20-22,27-55H2,1-8H3,(H,77,88)(H,78,91)(H,79,93)(H,80,94)(H,81,89)(H,82,90)(H,83,92)(H2,84,85,95)/t57-,61-,62-,63-,64-,65-,66-,68-/m0/s1. The van der Waals surface area contributed by atoms with E-state index in [0.717, 1.165) is 55.8 Å². The molecular formula is C76H128N10O20S. The van der Waals surface area contributed by atoms with Crippen LogP contribution in [0.4, 0.5) is 4.79 Å². The first kappa shape index (κ1) is 93.2. The second-order valence-electron chi connectivity index (χ2n) is 27.5. The van der Waals surface area contributed by atoms with Crippen LogP contribution < -0.4 is 47.9 Å². The molecule has 2 aromatic carbocycles. The predicted molar refractivity (Wildman–Crippen MR) is 407 cm³/mol. The number of hydrogen-bond donors (Lipinski definition) is 10. The molecule has 30 nitrogen and oxygen atoms in total. The van der Waals surface area contributed by atoms with Gasteiger partial charge < -0.3 is 110 Å². The highest BCUT2D eigenvalue weighted by atomic mass is 32.2. The summed E-state index contributed by atoms with van der Waals surface area (Å²) in [7, 11) is 0. The van der Waals surface area contributed by atoms with Crippen molar-refractivity contribution < 1.29 is 95.6 Å². The number of ether oxygens (including phenoxy) is 11. The van der Waals surface area contributed by atoms with Gasteiger partial charge in [-0.25, -0.2) is 4.79 Å². The van der Waals surface area contributed by atoms with Crippen molar-refractivity contribution in [2.45, 2.75) is 166 Å². The molecule has 2 aliphatic rings. The molecule has 0 unspecified atom stereocenters. The summed E-state index contributed by atoms with van der Waals surface area (Å²) in [5, 5.41) is 36.0. The van der Waals surface area contributed by atoms with Crippen molar-refractivity contribution in [1.29, 1.82) is 0 Å². The lowest BCUT2D eigenvalue weighted by Crippen LogP contribution is -2.59. The molecular weight excluding hydrogens is 1400 g/mol. The summed E-state index contributed by atoms with van der Waals surface area (Å²) in [6, 6.07) is 10.9. The van der Waals surface area contributed by atoms with E-state index < -0.39 is 72.3 Å². The Morgan fingerprint density at radius 1 is 0.523 bits per heavy atom. The number of carbonyl (C=O) groups is 8. The molecule has 2 heterocycles. The summed E-state index contributed by atoms with van der Waals surface area (Å²) < 4.78 is 61.1. The molecule has 0 aliphatic carbocycles. The van der Waals surface area contributed by atoms with Crippen LogP contribution in [0.1, 0.15) is 128 Å². The zero-order valence-electron chi connectivity index (χ0n) is 64.8. The molecule has 0 radical (unpaired) electrons. The average Bonchev–Trinajstić information content (AvgIpc) is 1.81. The third kappa shape index (κ3) is 42.0. The van der Waals surface area contributed by atoms with Crippen molar-refractivity contribution in [3.63, 3.8) is 0 Å². The van der Waals surface area contributed by atoms with Crippen LogP contribution in [0.3, 0.4) is 0 Å².